The second-order valence-corrected chi connectivity index (χ2v) is 2.67. The standard InChI is InChI=1S/C9H9F2NO2/c1-5-7(14-2)3-12-6(4-13)8(5)9(10)11/h3-4,9H,1-2H3. The van der Waals surface area contributed by atoms with Gasteiger partial charge >= 0.3 is 0 Å². The first kappa shape index (κ1) is 10.6. The van der Waals surface area contributed by atoms with E-state index in [2.05, 4.69) is 4.98 Å². The minimum atomic E-state index is -2.72. The van der Waals surface area contributed by atoms with Crippen molar-refractivity contribution in [2.24, 2.45) is 0 Å². The first-order chi connectivity index (χ1) is 6.61. The zero-order valence-electron chi connectivity index (χ0n) is 7.75. The van der Waals surface area contributed by atoms with Crippen LogP contribution in [-0.4, -0.2) is 18.4 Å². The molecule has 1 heterocycles. The van der Waals surface area contributed by atoms with Crippen LogP contribution in [0.2, 0.25) is 0 Å². The molecule has 0 spiro atoms. The van der Waals surface area contributed by atoms with Crippen molar-refractivity contribution in [2.75, 3.05) is 7.11 Å². The molecule has 0 saturated heterocycles. The molecule has 0 radical (unpaired) electrons. The lowest BCUT2D eigenvalue weighted by atomic mass is 10.1. The summed E-state index contributed by atoms with van der Waals surface area (Å²) in [6.07, 6.45) is -1.16. The Morgan fingerprint density at radius 1 is 1.57 bits per heavy atom. The number of nitrogens with zero attached hydrogens (tertiary/aromatic N) is 1. The Labute approximate surface area is 79.7 Å². The van der Waals surface area contributed by atoms with E-state index in [-0.39, 0.29) is 22.6 Å². The summed E-state index contributed by atoms with van der Waals surface area (Å²) in [4.78, 5) is 14.0. The van der Waals surface area contributed by atoms with E-state index in [1.807, 2.05) is 0 Å². The van der Waals surface area contributed by atoms with Gasteiger partial charge in [-0.2, -0.15) is 0 Å². The Balaban J connectivity index is 3.38. The predicted octanol–water partition coefficient (Wildman–Crippen LogP) is 2.15. The Morgan fingerprint density at radius 2 is 2.21 bits per heavy atom. The maximum atomic E-state index is 12.5. The SMILES string of the molecule is COc1cnc(C=O)c(C(F)F)c1C. The van der Waals surface area contributed by atoms with Gasteiger partial charge in [0.05, 0.1) is 18.9 Å². The third-order valence-corrected chi connectivity index (χ3v) is 1.92. The zero-order valence-corrected chi connectivity index (χ0v) is 7.75. The van der Waals surface area contributed by atoms with Crippen LogP contribution in [-0.2, 0) is 0 Å². The molecule has 0 aliphatic heterocycles. The van der Waals surface area contributed by atoms with Crippen molar-refractivity contribution in [1.82, 2.24) is 4.98 Å². The molecule has 0 amide bonds. The first-order valence-corrected chi connectivity index (χ1v) is 3.88. The van der Waals surface area contributed by atoms with Crippen LogP contribution in [0, 0.1) is 6.92 Å². The fourth-order valence-electron chi connectivity index (χ4n) is 1.19. The fourth-order valence-corrected chi connectivity index (χ4v) is 1.19. The Bertz CT molecular complexity index is 353. The van der Waals surface area contributed by atoms with E-state index in [0.717, 1.165) is 0 Å². The van der Waals surface area contributed by atoms with Crippen molar-refractivity contribution in [2.45, 2.75) is 13.3 Å². The third kappa shape index (κ3) is 1.71. The Morgan fingerprint density at radius 3 is 2.64 bits per heavy atom. The number of aromatic nitrogens is 1. The highest BCUT2D eigenvalue weighted by Gasteiger charge is 2.19. The van der Waals surface area contributed by atoms with Crippen molar-refractivity contribution < 1.29 is 18.3 Å². The molecule has 0 fully saturated rings. The number of hydrogen-bond acceptors (Lipinski definition) is 3. The molecular weight excluding hydrogens is 192 g/mol. The van der Waals surface area contributed by atoms with E-state index >= 15 is 0 Å². The van der Waals surface area contributed by atoms with Gasteiger partial charge in [-0.25, -0.2) is 13.8 Å². The zero-order chi connectivity index (χ0) is 10.7. The average Bonchev–Trinajstić information content (AvgIpc) is 2.16. The number of rotatable bonds is 3. The number of carbonyl (C=O) groups excluding carboxylic acids is 1. The van der Waals surface area contributed by atoms with E-state index in [1.54, 1.807) is 0 Å². The van der Waals surface area contributed by atoms with E-state index in [9.17, 15) is 13.6 Å². The largest absolute Gasteiger partial charge is 0.495 e. The highest BCUT2D eigenvalue weighted by Crippen LogP contribution is 2.29. The molecule has 0 atom stereocenters. The van der Waals surface area contributed by atoms with Gasteiger partial charge in [0.1, 0.15) is 11.4 Å². The van der Waals surface area contributed by atoms with Gasteiger partial charge in [0.2, 0.25) is 0 Å². The van der Waals surface area contributed by atoms with E-state index in [4.69, 9.17) is 4.74 Å². The van der Waals surface area contributed by atoms with Crippen LogP contribution in [0.15, 0.2) is 6.20 Å². The normalized spacial score (nSPS) is 10.4. The van der Waals surface area contributed by atoms with E-state index in [1.165, 1.54) is 20.2 Å². The minimum absolute atomic E-state index is 0.238. The van der Waals surface area contributed by atoms with Crippen molar-refractivity contribution in [3.8, 4) is 5.75 Å². The van der Waals surface area contributed by atoms with Crippen LogP contribution in [0.25, 0.3) is 0 Å². The topological polar surface area (TPSA) is 39.2 Å². The summed E-state index contributed by atoms with van der Waals surface area (Å²) in [5.74, 6) is 0.255. The summed E-state index contributed by atoms with van der Waals surface area (Å²) in [6, 6.07) is 0. The Hall–Kier alpha value is -1.52. The number of carbonyl (C=O) groups is 1. The van der Waals surface area contributed by atoms with Gasteiger partial charge in [0, 0.05) is 5.56 Å². The van der Waals surface area contributed by atoms with E-state index < -0.39 is 6.43 Å². The van der Waals surface area contributed by atoms with Crippen LogP contribution < -0.4 is 4.74 Å². The second-order valence-electron chi connectivity index (χ2n) is 2.67. The molecule has 0 saturated carbocycles. The number of halogens is 2. The van der Waals surface area contributed by atoms with Crippen molar-refractivity contribution in [3.63, 3.8) is 0 Å². The fraction of sp³-hybridized carbons (Fsp3) is 0.333. The number of aldehydes is 1. The quantitative estimate of drug-likeness (QED) is 0.703. The van der Waals surface area contributed by atoms with Crippen LogP contribution in [0.5, 0.6) is 5.75 Å². The second kappa shape index (κ2) is 4.13. The lowest BCUT2D eigenvalue weighted by Gasteiger charge is -2.10. The molecule has 0 aromatic carbocycles. The summed E-state index contributed by atoms with van der Waals surface area (Å²) < 4.78 is 29.9. The van der Waals surface area contributed by atoms with Crippen molar-refractivity contribution >= 4 is 6.29 Å². The molecule has 3 nitrogen and oxygen atoms in total. The van der Waals surface area contributed by atoms with Crippen LogP contribution >= 0.6 is 0 Å². The summed E-state index contributed by atoms with van der Waals surface area (Å²) in [5.41, 5.74) is -0.350. The molecule has 76 valence electrons. The lowest BCUT2D eigenvalue weighted by molar-refractivity contribution is 0.110. The molecule has 1 aromatic rings. The molecule has 5 heteroatoms. The molecule has 0 bridgehead atoms. The van der Waals surface area contributed by atoms with Gasteiger partial charge in [0.15, 0.2) is 6.29 Å². The van der Waals surface area contributed by atoms with Crippen LogP contribution in [0.3, 0.4) is 0 Å². The van der Waals surface area contributed by atoms with Crippen LogP contribution in [0.1, 0.15) is 28.0 Å². The molecule has 0 N–H and O–H groups in total. The van der Waals surface area contributed by atoms with Gasteiger partial charge in [-0.1, -0.05) is 0 Å². The highest BCUT2D eigenvalue weighted by molar-refractivity contribution is 5.75. The number of ether oxygens (including phenoxy) is 1. The summed E-state index contributed by atoms with van der Waals surface area (Å²) in [6.45, 7) is 1.47. The molecule has 1 rings (SSSR count). The molecule has 14 heavy (non-hydrogen) atoms. The van der Waals surface area contributed by atoms with Crippen molar-refractivity contribution in [1.29, 1.82) is 0 Å². The van der Waals surface area contributed by atoms with Crippen LogP contribution in [0.4, 0.5) is 8.78 Å². The number of methoxy groups -OCH3 is 1. The monoisotopic (exact) mass is 201 g/mol. The number of alkyl halides is 2. The van der Waals surface area contributed by atoms with Gasteiger partial charge in [0.25, 0.3) is 6.43 Å². The molecule has 0 aliphatic carbocycles. The third-order valence-electron chi connectivity index (χ3n) is 1.92. The summed E-state index contributed by atoms with van der Waals surface area (Å²) in [5, 5.41) is 0. The number of hydrogen-bond donors (Lipinski definition) is 0. The predicted molar refractivity (Wildman–Crippen MR) is 45.9 cm³/mol. The molecular formula is C9H9F2NO2. The number of pyridine rings is 1. The summed E-state index contributed by atoms with van der Waals surface area (Å²) >= 11 is 0. The molecule has 0 aliphatic rings. The minimum Gasteiger partial charge on any atom is -0.495 e. The Kier molecular flexibility index (Phi) is 3.11. The highest BCUT2D eigenvalue weighted by atomic mass is 19.3. The van der Waals surface area contributed by atoms with Gasteiger partial charge in [-0.15, -0.1) is 0 Å². The molecule has 1 aromatic heterocycles. The summed E-state index contributed by atoms with van der Waals surface area (Å²) in [7, 11) is 1.36. The van der Waals surface area contributed by atoms with E-state index in [0.29, 0.717) is 6.29 Å². The van der Waals surface area contributed by atoms with Gasteiger partial charge in [-0.3, -0.25) is 4.79 Å². The average molecular weight is 201 g/mol. The van der Waals surface area contributed by atoms with Gasteiger partial charge < -0.3 is 4.74 Å². The molecule has 0 unspecified atom stereocenters. The maximum Gasteiger partial charge on any atom is 0.266 e. The van der Waals surface area contributed by atoms with Crippen molar-refractivity contribution in [3.05, 3.63) is 23.0 Å². The maximum absolute atomic E-state index is 12.5. The first-order valence-electron chi connectivity index (χ1n) is 3.88. The lowest BCUT2D eigenvalue weighted by Crippen LogP contribution is -2.02. The van der Waals surface area contributed by atoms with Gasteiger partial charge in [-0.05, 0) is 6.92 Å². The smallest absolute Gasteiger partial charge is 0.266 e.